The highest BCUT2D eigenvalue weighted by Gasteiger charge is 2.48. The van der Waals surface area contributed by atoms with E-state index in [4.69, 9.17) is 0 Å². The molecule has 0 saturated carbocycles. The Kier molecular flexibility index (Phi) is 4.00. The maximum absolute atomic E-state index is 4.15. The topological polar surface area (TPSA) is 0 Å². The van der Waals surface area contributed by atoms with Crippen LogP contribution in [-0.2, 0) is 0 Å². The largest absolute Gasteiger partial charge is 0.103 e. The average Bonchev–Trinajstić information content (AvgIpc) is 2.28. The van der Waals surface area contributed by atoms with Gasteiger partial charge < -0.3 is 0 Å². The lowest BCUT2D eigenvalue weighted by Gasteiger charge is -2.50. The molecule has 0 aromatic rings. The molecule has 1 heteroatoms. The Morgan fingerprint density at radius 2 is 1.86 bits per heavy atom. The maximum atomic E-state index is 4.15. The second-order valence-corrected chi connectivity index (χ2v) is 10.4. The molecule has 0 N–H and O–H groups in total. The Morgan fingerprint density at radius 3 is 2.21 bits per heavy atom. The normalized spacial score (nSPS) is 31.4. The SMILES string of the molecule is C=CC1(CC)CCCC[Si]1(CC)CC. The number of hydrogen-bond acceptors (Lipinski definition) is 0. The summed E-state index contributed by atoms with van der Waals surface area (Å²) in [5.41, 5.74) is 0. The third-order valence-electron chi connectivity index (χ3n) is 4.96. The Labute approximate surface area is 90.8 Å². The summed E-state index contributed by atoms with van der Waals surface area (Å²) in [5, 5.41) is 0.578. The van der Waals surface area contributed by atoms with E-state index in [1.54, 1.807) is 6.04 Å². The summed E-state index contributed by atoms with van der Waals surface area (Å²) in [6, 6.07) is 4.48. The van der Waals surface area contributed by atoms with Crippen LogP contribution in [0.25, 0.3) is 0 Å². The zero-order valence-electron chi connectivity index (χ0n) is 10.2. The van der Waals surface area contributed by atoms with Crippen molar-refractivity contribution >= 4 is 8.07 Å². The van der Waals surface area contributed by atoms with Crippen LogP contribution in [0.4, 0.5) is 0 Å². The van der Waals surface area contributed by atoms with E-state index in [9.17, 15) is 0 Å². The fraction of sp³-hybridized carbons (Fsp3) is 0.846. The Hall–Kier alpha value is -0.0431. The van der Waals surface area contributed by atoms with Gasteiger partial charge in [-0.1, -0.05) is 57.8 Å². The lowest BCUT2D eigenvalue weighted by molar-refractivity contribution is 0.496. The van der Waals surface area contributed by atoms with Crippen LogP contribution >= 0.6 is 0 Å². The first-order valence-electron chi connectivity index (χ1n) is 6.34. The van der Waals surface area contributed by atoms with Crippen molar-refractivity contribution in [3.8, 4) is 0 Å². The minimum Gasteiger partial charge on any atom is -0.103 e. The molecule has 0 aromatic carbocycles. The predicted octanol–water partition coefficient (Wildman–Crippen LogP) is 5.00. The molecule has 0 nitrogen and oxygen atoms in total. The molecule has 1 fully saturated rings. The van der Waals surface area contributed by atoms with Crippen LogP contribution in [0.5, 0.6) is 0 Å². The summed E-state index contributed by atoms with van der Waals surface area (Å²) < 4.78 is 0. The zero-order chi connectivity index (χ0) is 10.7. The van der Waals surface area contributed by atoms with E-state index >= 15 is 0 Å². The highest BCUT2D eigenvalue weighted by molar-refractivity contribution is 6.83. The molecule has 0 aromatic heterocycles. The van der Waals surface area contributed by atoms with Crippen LogP contribution in [0, 0.1) is 0 Å². The zero-order valence-corrected chi connectivity index (χ0v) is 11.2. The molecule has 1 saturated heterocycles. The lowest BCUT2D eigenvalue weighted by atomic mass is 9.97. The summed E-state index contributed by atoms with van der Waals surface area (Å²) in [5.74, 6) is 0. The van der Waals surface area contributed by atoms with Crippen molar-refractivity contribution in [2.75, 3.05) is 0 Å². The van der Waals surface area contributed by atoms with E-state index in [1.807, 2.05) is 0 Å². The summed E-state index contributed by atoms with van der Waals surface area (Å²) in [7, 11) is -1.03. The van der Waals surface area contributed by atoms with Crippen molar-refractivity contribution in [2.24, 2.45) is 0 Å². The molecule has 14 heavy (non-hydrogen) atoms. The highest BCUT2D eigenvalue weighted by Crippen LogP contribution is 2.56. The van der Waals surface area contributed by atoms with Gasteiger partial charge in [0.05, 0.1) is 8.07 Å². The van der Waals surface area contributed by atoms with Crippen LogP contribution in [0.3, 0.4) is 0 Å². The maximum Gasteiger partial charge on any atom is 0.0634 e. The summed E-state index contributed by atoms with van der Waals surface area (Å²) in [6.45, 7) is 11.4. The van der Waals surface area contributed by atoms with Gasteiger partial charge in [0.15, 0.2) is 0 Å². The second-order valence-electron chi connectivity index (χ2n) is 4.91. The molecule has 1 atom stereocenters. The Bertz CT molecular complexity index is 193. The van der Waals surface area contributed by atoms with Gasteiger partial charge in [0.1, 0.15) is 0 Å². The van der Waals surface area contributed by atoms with Gasteiger partial charge in [-0.25, -0.2) is 0 Å². The van der Waals surface area contributed by atoms with Gasteiger partial charge in [0, 0.05) is 0 Å². The standard InChI is InChI=1S/C13H26Si/c1-5-13(6-2)11-9-10-12-14(13,7-3)8-4/h5H,1,6-12H2,2-4H3. The number of hydrogen-bond donors (Lipinski definition) is 0. The molecule has 0 bridgehead atoms. The first-order valence-corrected chi connectivity index (χ1v) is 8.96. The fourth-order valence-corrected chi connectivity index (χ4v) is 9.67. The minimum atomic E-state index is -1.03. The van der Waals surface area contributed by atoms with E-state index in [2.05, 4.69) is 33.4 Å². The molecule has 1 rings (SSSR count). The molecule has 0 aliphatic carbocycles. The van der Waals surface area contributed by atoms with Crippen LogP contribution < -0.4 is 0 Å². The summed E-state index contributed by atoms with van der Waals surface area (Å²) in [4.78, 5) is 0. The third kappa shape index (κ3) is 1.60. The minimum absolute atomic E-state index is 0.578. The van der Waals surface area contributed by atoms with Gasteiger partial charge in [0.25, 0.3) is 0 Å². The molecule has 1 heterocycles. The van der Waals surface area contributed by atoms with E-state index in [-0.39, 0.29) is 0 Å². The van der Waals surface area contributed by atoms with Crippen molar-refractivity contribution in [2.45, 2.75) is 69.6 Å². The molecular formula is C13H26Si. The van der Waals surface area contributed by atoms with E-state index in [0.717, 1.165) is 0 Å². The van der Waals surface area contributed by atoms with Crippen LogP contribution in [0.2, 0.25) is 23.2 Å². The van der Waals surface area contributed by atoms with Crippen LogP contribution in [0.15, 0.2) is 12.7 Å². The van der Waals surface area contributed by atoms with Crippen molar-refractivity contribution < 1.29 is 0 Å². The summed E-state index contributed by atoms with van der Waals surface area (Å²) in [6.07, 6.45) is 8.04. The molecule has 0 radical (unpaired) electrons. The fourth-order valence-electron chi connectivity index (χ4n) is 3.74. The molecular weight excluding hydrogens is 184 g/mol. The highest BCUT2D eigenvalue weighted by atomic mass is 28.3. The van der Waals surface area contributed by atoms with Gasteiger partial charge in [-0.2, -0.15) is 0 Å². The van der Waals surface area contributed by atoms with Gasteiger partial charge in [0.2, 0.25) is 0 Å². The van der Waals surface area contributed by atoms with Crippen LogP contribution in [0.1, 0.15) is 46.5 Å². The van der Waals surface area contributed by atoms with Gasteiger partial charge >= 0.3 is 0 Å². The quantitative estimate of drug-likeness (QED) is 0.453. The molecule has 0 spiro atoms. The van der Waals surface area contributed by atoms with Gasteiger partial charge in [-0.15, -0.1) is 6.58 Å². The Morgan fingerprint density at radius 1 is 1.21 bits per heavy atom. The van der Waals surface area contributed by atoms with E-state index in [0.29, 0.717) is 5.04 Å². The smallest absolute Gasteiger partial charge is 0.0634 e. The third-order valence-corrected chi connectivity index (χ3v) is 11.9. The molecule has 82 valence electrons. The van der Waals surface area contributed by atoms with Crippen molar-refractivity contribution in [3.63, 3.8) is 0 Å². The van der Waals surface area contributed by atoms with E-state index < -0.39 is 8.07 Å². The van der Waals surface area contributed by atoms with Gasteiger partial charge in [-0.05, 0) is 17.9 Å². The average molecular weight is 210 g/mol. The molecule has 1 unspecified atom stereocenters. The van der Waals surface area contributed by atoms with Crippen molar-refractivity contribution in [1.82, 2.24) is 0 Å². The predicted molar refractivity (Wildman–Crippen MR) is 68.6 cm³/mol. The number of allylic oxidation sites excluding steroid dienone is 1. The van der Waals surface area contributed by atoms with E-state index in [1.165, 1.54) is 37.8 Å². The molecule has 0 amide bonds. The van der Waals surface area contributed by atoms with Crippen LogP contribution in [-0.4, -0.2) is 8.07 Å². The molecule has 1 aliphatic rings. The lowest BCUT2D eigenvalue weighted by Crippen LogP contribution is -2.47. The first-order chi connectivity index (χ1) is 6.70. The van der Waals surface area contributed by atoms with Crippen molar-refractivity contribution in [1.29, 1.82) is 0 Å². The van der Waals surface area contributed by atoms with Gasteiger partial charge in [-0.3, -0.25) is 0 Å². The first kappa shape index (κ1) is 12.0. The van der Waals surface area contributed by atoms with Crippen molar-refractivity contribution in [3.05, 3.63) is 12.7 Å². The second kappa shape index (κ2) is 4.65. The molecule has 1 aliphatic heterocycles. The Balaban J connectivity index is 3.02. The summed E-state index contributed by atoms with van der Waals surface area (Å²) >= 11 is 0. The number of rotatable bonds is 4. The monoisotopic (exact) mass is 210 g/mol.